The van der Waals surface area contributed by atoms with Crippen molar-refractivity contribution in [1.82, 2.24) is 14.9 Å². The first-order valence-electron chi connectivity index (χ1n) is 8.10. The van der Waals surface area contributed by atoms with Gasteiger partial charge in [0, 0.05) is 57.9 Å². The third-order valence-corrected chi connectivity index (χ3v) is 4.43. The zero-order chi connectivity index (χ0) is 16.1. The van der Waals surface area contributed by atoms with Gasteiger partial charge in [0.25, 0.3) is 0 Å². The highest BCUT2D eigenvalue weighted by Crippen LogP contribution is 2.20. The van der Waals surface area contributed by atoms with Gasteiger partial charge in [-0.3, -0.25) is 14.9 Å². The molecule has 5 nitrogen and oxygen atoms in total. The molecule has 1 unspecified atom stereocenters. The monoisotopic (exact) mass is 312 g/mol. The van der Waals surface area contributed by atoms with Crippen LogP contribution in [0.1, 0.15) is 17.5 Å². The van der Waals surface area contributed by atoms with Crippen LogP contribution in [0.3, 0.4) is 0 Å². The van der Waals surface area contributed by atoms with Crippen molar-refractivity contribution in [2.45, 2.75) is 13.0 Å². The van der Waals surface area contributed by atoms with E-state index in [-0.39, 0.29) is 6.10 Å². The number of hydrogen-bond acceptors (Lipinski definition) is 5. The molecule has 0 aliphatic carbocycles. The topological polar surface area (TPSA) is 41.5 Å². The van der Waals surface area contributed by atoms with Crippen LogP contribution in [-0.2, 0) is 4.74 Å². The van der Waals surface area contributed by atoms with Crippen LogP contribution in [0.2, 0.25) is 0 Å². The van der Waals surface area contributed by atoms with E-state index in [0.29, 0.717) is 0 Å². The lowest BCUT2D eigenvalue weighted by Crippen LogP contribution is -2.47. The predicted octanol–water partition coefficient (Wildman–Crippen LogP) is 2.29. The summed E-state index contributed by atoms with van der Waals surface area (Å²) in [6.07, 6.45) is 3.44. The quantitative estimate of drug-likeness (QED) is 0.847. The molecule has 23 heavy (non-hydrogen) atoms. The van der Waals surface area contributed by atoms with Crippen molar-refractivity contribution in [1.29, 1.82) is 0 Å². The van der Waals surface area contributed by atoms with Gasteiger partial charge in [0.15, 0.2) is 0 Å². The minimum Gasteiger partial charge on any atom is -0.374 e. The Morgan fingerprint density at radius 2 is 1.74 bits per heavy atom. The Kier molecular flexibility index (Phi) is 5.20. The van der Waals surface area contributed by atoms with Crippen molar-refractivity contribution in [3.8, 4) is 0 Å². The van der Waals surface area contributed by atoms with Crippen molar-refractivity contribution in [2.24, 2.45) is 0 Å². The number of aryl methyl sites for hydroxylation is 1. The highest BCUT2D eigenvalue weighted by atomic mass is 16.5. The first-order valence-corrected chi connectivity index (χ1v) is 8.10. The van der Waals surface area contributed by atoms with Crippen LogP contribution >= 0.6 is 0 Å². The normalized spacial score (nSPS) is 17.2. The minimum absolute atomic E-state index is 0.0213. The van der Waals surface area contributed by atoms with Gasteiger partial charge < -0.3 is 9.64 Å². The molecule has 0 saturated carbocycles. The molecular weight excluding hydrogens is 288 g/mol. The Labute approximate surface area is 137 Å². The highest BCUT2D eigenvalue weighted by Gasteiger charge is 2.23. The lowest BCUT2D eigenvalue weighted by atomic mass is 10.1. The van der Waals surface area contributed by atoms with Crippen molar-refractivity contribution in [3.05, 3.63) is 54.1 Å². The first-order chi connectivity index (χ1) is 11.3. The van der Waals surface area contributed by atoms with Gasteiger partial charge in [-0.05, 0) is 19.1 Å². The van der Waals surface area contributed by atoms with E-state index in [0.717, 1.165) is 44.1 Å². The molecule has 1 aliphatic rings. The molecule has 5 heteroatoms. The average molecular weight is 312 g/mol. The van der Waals surface area contributed by atoms with Crippen LogP contribution in [0.25, 0.3) is 0 Å². The predicted molar refractivity (Wildman–Crippen MR) is 91.6 cm³/mol. The molecule has 0 amide bonds. The van der Waals surface area contributed by atoms with E-state index in [2.05, 4.69) is 50.1 Å². The smallest absolute Gasteiger partial charge is 0.113 e. The van der Waals surface area contributed by atoms with Gasteiger partial charge in [0.05, 0.1) is 11.4 Å². The first kappa shape index (κ1) is 15.9. The van der Waals surface area contributed by atoms with E-state index in [1.165, 1.54) is 5.69 Å². The van der Waals surface area contributed by atoms with E-state index in [1.54, 1.807) is 19.5 Å². The van der Waals surface area contributed by atoms with Gasteiger partial charge in [-0.15, -0.1) is 0 Å². The summed E-state index contributed by atoms with van der Waals surface area (Å²) >= 11 is 0. The van der Waals surface area contributed by atoms with Gasteiger partial charge >= 0.3 is 0 Å². The Morgan fingerprint density at radius 1 is 1.04 bits per heavy atom. The summed E-state index contributed by atoms with van der Waals surface area (Å²) in [6, 6.07) is 10.6. The zero-order valence-electron chi connectivity index (χ0n) is 13.9. The number of benzene rings is 1. The summed E-state index contributed by atoms with van der Waals surface area (Å²) in [6.45, 7) is 7.00. The maximum Gasteiger partial charge on any atom is 0.113 e. The highest BCUT2D eigenvalue weighted by molar-refractivity contribution is 5.46. The maximum absolute atomic E-state index is 5.67. The van der Waals surface area contributed by atoms with Crippen LogP contribution < -0.4 is 4.90 Å². The number of nitrogens with zero attached hydrogens (tertiary/aromatic N) is 4. The van der Waals surface area contributed by atoms with E-state index < -0.39 is 0 Å². The van der Waals surface area contributed by atoms with Crippen molar-refractivity contribution >= 4 is 5.69 Å². The number of rotatable bonds is 5. The number of hydrogen-bond donors (Lipinski definition) is 0. The van der Waals surface area contributed by atoms with Gasteiger partial charge in [0.1, 0.15) is 6.10 Å². The van der Waals surface area contributed by atoms with Gasteiger partial charge in [-0.1, -0.05) is 18.2 Å². The Hall–Kier alpha value is -1.98. The van der Waals surface area contributed by atoms with E-state index in [9.17, 15) is 0 Å². The molecule has 3 rings (SSSR count). The number of anilines is 1. The van der Waals surface area contributed by atoms with E-state index in [4.69, 9.17) is 4.74 Å². The standard InChI is InChI=1S/C18H24N4O/c1-15-18(20-9-8-19-15)17(23-2)14-21-10-12-22(13-11-21)16-6-4-3-5-7-16/h3-9,17H,10-14H2,1-2H3. The molecule has 0 spiro atoms. The summed E-state index contributed by atoms with van der Waals surface area (Å²) in [5.41, 5.74) is 3.20. The van der Waals surface area contributed by atoms with Crippen LogP contribution in [-0.4, -0.2) is 54.7 Å². The fraction of sp³-hybridized carbons (Fsp3) is 0.444. The van der Waals surface area contributed by atoms with Crippen molar-refractivity contribution in [2.75, 3.05) is 44.7 Å². The molecule has 0 bridgehead atoms. The van der Waals surface area contributed by atoms with Crippen LogP contribution in [0, 0.1) is 6.92 Å². The third kappa shape index (κ3) is 3.86. The van der Waals surface area contributed by atoms with Gasteiger partial charge in [-0.2, -0.15) is 0 Å². The van der Waals surface area contributed by atoms with Crippen molar-refractivity contribution < 1.29 is 4.74 Å². The molecule has 1 fully saturated rings. The fourth-order valence-corrected chi connectivity index (χ4v) is 3.07. The largest absolute Gasteiger partial charge is 0.374 e. The number of methoxy groups -OCH3 is 1. The molecule has 1 aliphatic heterocycles. The molecule has 122 valence electrons. The average Bonchev–Trinajstić information content (AvgIpc) is 2.62. The lowest BCUT2D eigenvalue weighted by Gasteiger charge is -2.37. The molecule has 2 heterocycles. The van der Waals surface area contributed by atoms with E-state index >= 15 is 0 Å². The van der Waals surface area contributed by atoms with Crippen LogP contribution in [0.5, 0.6) is 0 Å². The molecule has 0 radical (unpaired) electrons. The minimum atomic E-state index is -0.0213. The van der Waals surface area contributed by atoms with E-state index in [1.807, 2.05) is 6.92 Å². The SMILES string of the molecule is COC(CN1CCN(c2ccccc2)CC1)c1nccnc1C. The molecule has 2 aromatic rings. The zero-order valence-corrected chi connectivity index (χ0v) is 13.9. The maximum atomic E-state index is 5.67. The summed E-state index contributed by atoms with van der Waals surface area (Å²) in [4.78, 5) is 13.7. The van der Waals surface area contributed by atoms with Crippen LogP contribution in [0.4, 0.5) is 5.69 Å². The van der Waals surface area contributed by atoms with Crippen LogP contribution in [0.15, 0.2) is 42.7 Å². The molecular formula is C18H24N4O. The molecule has 1 aromatic carbocycles. The second-order valence-electron chi connectivity index (χ2n) is 5.87. The Bertz CT molecular complexity index is 611. The Morgan fingerprint density at radius 3 is 2.39 bits per heavy atom. The number of ether oxygens (including phenoxy) is 1. The molecule has 1 saturated heterocycles. The summed E-state index contributed by atoms with van der Waals surface area (Å²) in [5, 5.41) is 0. The number of para-hydroxylation sites is 1. The third-order valence-electron chi connectivity index (χ3n) is 4.43. The lowest BCUT2D eigenvalue weighted by molar-refractivity contribution is 0.0578. The number of piperazine rings is 1. The Balaban J connectivity index is 1.58. The summed E-state index contributed by atoms with van der Waals surface area (Å²) in [7, 11) is 1.75. The fourth-order valence-electron chi connectivity index (χ4n) is 3.07. The second-order valence-corrected chi connectivity index (χ2v) is 5.87. The van der Waals surface area contributed by atoms with Crippen molar-refractivity contribution in [3.63, 3.8) is 0 Å². The summed E-state index contributed by atoms with van der Waals surface area (Å²) in [5.74, 6) is 0. The molecule has 1 atom stereocenters. The molecule has 1 aromatic heterocycles. The number of aromatic nitrogens is 2. The molecule has 0 N–H and O–H groups in total. The second kappa shape index (κ2) is 7.53. The van der Waals surface area contributed by atoms with Gasteiger partial charge in [0.2, 0.25) is 0 Å². The van der Waals surface area contributed by atoms with Gasteiger partial charge in [-0.25, -0.2) is 0 Å². The summed E-state index contributed by atoms with van der Waals surface area (Å²) < 4.78 is 5.67.